The summed E-state index contributed by atoms with van der Waals surface area (Å²) in [5.74, 6) is 1.79. The summed E-state index contributed by atoms with van der Waals surface area (Å²) in [6, 6.07) is 24.9. The maximum atomic E-state index is 5.97. The molecule has 3 nitrogen and oxygen atoms in total. The maximum absolute atomic E-state index is 5.97. The molecule has 0 amide bonds. The molecular formula is C26H31NO2. The molecule has 3 aromatic carbocycles. The van der Waals surface area contributed by atoms with Crippen LogP contribution in [0.5, 0.6) is 11.5 Å². The van der Waals surface area contributed by atoms with Crippen molar-refractivity contribution in [3.8, 4) is 11.5 Å². The first-order chi connectivity index (χ1) is 14.2. The third kappa shape index (κ3) is 5.54. The summed E-state index contributed by atoms with van der Waals surface area (Å²) >= 11 is 0. The fourth-order valence-electron chi connectivity index (χ4n) is 3.42. The first-order valence-corrected chi connectivity index (χ1v) is 10.5. The van der Waals surface area contributed by atoms with Crippen LogP contribution in [0, 0.1) is 6.92 Å². The Kier molecular flexibility index (Phi) is 7.57. The van der Waals surface area contributed by atoms with Crippen molar-refractivity contribution < 1.29 is 9.47 Å². The number of nitrogens with zero attached hydrogens (tertiary/aromatic N) is 1. The Bertz CT molecular complexity index is 875. The van der Waals surface area contributed by atoms with Crippen LogP contribution in [0.25, 0.3) is 0 Å². The quantitative estimate of drug-likeness (QED) is 0.336. The summed E-state index contributed by atoms with van der Waals surface area (Å²) in [6.45, 7) is 5.14. The summed E-state index contributed by atoms with van der Waals surface area (Å²) in [4.78, 5) is 2.26. The molecule has 0 fully saturated rings. The van der Waals surface area contributed by atoms with Crippen LogP contribution < -0.4 is 14.4 Å². The number of benzene rings is 3. The zero-order valence-corrected chi connectivity index (χ0v) is 17.7. The number of methoxy groups -OCH3 is 1. The van der Waals surface area contributed by atoms with Crippen LogP contribution in [-0.4, -0.2) is 13.7 Å². The van der Waals surface area contributed by atoms with Gasteiger partial charge in [0.1, 0.15) is 11.5 Å². The van der Waals surface area contributed by atoms with Crippen LogP contribution in [0.1, 0.15) is 38.2 Å². The maximum Gasteiger partial charge on any atom is 0.119 e. The molecule has 0 atom stereocenters. The van der Waals surface area contributed by atoms with Gasteiger partial charge in [0.25, 0.3) is 0 Å². The lowest BCUT2D eigenvalue weighted by Gasteiger charge is -2.27. The lowest BCUT2D eigenvalue weighted by atomic mass is 10.1. The number of hydrogen-bond donors (Lipinski definition) is 0. The number of para-hydroxylation sites is 1. The number of ether oxygens (including phenoxy) is 2. The molecule has 3 heteroatoms. The Balaban J connectivity index is 1.85. The van der Waals surface area contributed by atoms with Gasteiger partial charge in [-0.2, -0.15) is 0 Å². The molecule has 0 aliphatic carbocycles. The second-order valence-electron chi connectivity index (χ2n) is 7.23. The van der Waals surface area contributed by atoms with Gasteiger partial charge in [-0.3, -0.25) is 0 Å². The van der Waals surface area contributed by atoms with Crippen LogP contribution in [0.15, 0.2) is 72.8 Å². The van der Waals surface area contributed by atoms with Crippen LogP contribution >= 0.6 is 0 Å². The minimum Gasteiger partial charge on any atom is -0.497 e. The summed E-state index contributed by atoms with van der Waals surface area (Å²) in [5, 5.41) is 0. The summed E-state index contributed by atoms with van der Waals surface area (Å²) in [7, 11) is 1.69. The molecule has 0 radical (unpaired) electrons. The van der Waals surface area contributed by atoms with Crippen LogP contribution in [0.4, 0.5) is 17.1 Å². The minimum absolute atomic E-state index is 0.777. The molecule has 152 valence electrons. The molecule has 0 aliphatic rings. The highest BCUT2D eigenvalue weighted by molar-refractivity contribution is 5.78. The van der Waals surface area contributed by atoms with E-state index in [-0.39, 0.29) is 0 Å². The van der Waals surface area contributed by atoms with Gasteiger partial charge in [-0.15, -0.1) is 0 Å². The van der Waals surface area contributed by atoms with Crippen LogP contribution in [0.3, 0.4) is 0 Å². The molecule has 3 aromatic rings. The Hall–Kier alpha value is -2.94. The van der Waals surface area contributed by atoms with Gasteiger partial charge in [0, 0.05) is 17.1 Å². The molecule has 0 saturated heterocycles. The van der Waals surface area contributed by atoms with E-state index in [0.717, 1.165) is 41.6 Å². The Morgan fingerprint density at radius 2 is 1.45 bits per heavy atom. The van der Waals surface area contributed by atoms with Gasteiger partial charge in [0.2, 0.25) is 0 Å². The van der Waals surface area contributed by atoms with E-state index in [4.69, 9.17) is 9.47 Å². The van der Waals surface area contributed by atoms with Gasteiger partial charge in [0.05, 0.1) is 13.7 Å². The van der Waals surface area contributed by atoms with Crippen LogP contribution in [-0.2, 0) is 0 Å². The Morgan fingerprint density at radius 3 is 2.10 bits per heavy atom. The van der Waals surface area contributed by atoms with Gasteiger partial charge in [-0.25, -0.2) is 0 Å². The second-order valence-corrected chi connectivity index (χ2v) is 7.23. The van der Waals surface area contributed by atoms with Crippen molar-refractivity contribution in [3.63, 3.8) is 0 Å². The zero-order valence-electron chi connectivity index (χ0n) is 17.7. The highest BCUT2D eigenvalue weighted by Gasteiger charge is 2.15. The van der Waals surface area contributed by atoms with E-state index in [1.807, 2.05) is 18.2 Å². The van der Waals surface area contributed by atoms with Crippen molar-refractivity contribution in [2.45, 2.75) is 39.5 Å². The fraction of sp³-hybridized carbons (Fsp3) is 0.308. The van der Waals surface area contributed by atoms with Crippen LogP contribution in [0.2, 0.25) is 0 Å². The summed E-state index contributed by atoms with van der Waals surface area (Å²) in [5.41, 5.74) is 4.53. The molecule has 0 N–H and O–H groups in total. The second kappa shape index (κ2) is 10.6. The van der Waals surface area contributed by atoms with Gasteiger partial charge in [-0.1, -0.05) is 44.4 Å². The molecule has 0 aliphatic heterocycles. The number of rotatable bonds is 10. The van der Waals surface area contributed by atoms with Gasteiger partial charge in [-0.05, 0) is 73.5 Å². The average molecular weight is 390 g/mol. The smallest absolute Gasteiger partial charge is 0.119 e. The van der Waals surface area contributed by atoms with E-state index < -0.39 is 0 Å². The van der Waals surface area contributed by atoms with Crippen molar-refractivity contribution >= 4 is 17.1 Å². The summed E-state index contributed by atoms with van der Waals surface area (Å²) in [6.07, 6.45) is 4.85. The Labute approximate surface area is 174 Å². The predicted molar refractivity (Wildman–Crippen MR) is 122 cm³/mol. The fourth-order valence-corrected chi connectivity index (χ4v) is 3.42. The predicted octanol–water partition coefficient (Wildman–Crippen LogP) is 7.43. The largest absolute Gasteiger partial charge is 0.497 e. The first kappa shape index (κ1) is 20.8. The molecule has 3 rings (SSSR count). The third-order valence-electron chi connectivity index (χ3n) is 5.02. The molecule has 29 heavy (non-hydrogen) atoms. The van der Waals surface area contributed by atoms with Crippen molar-refractivity contribution in [2.24, 2.45) is 0 Å². The SMILES string of the molecule is CCCCCCOc1ccc(N(c2ccccc2)c2ccc(OC)cc2)c(C)c1. The molecule has 0 heterocycles. The Morgan fingerprint density at radius 1 is 0.759 bits per heavy atom. The van der Waals surface area contributed by atoms with Gasteiger partial charge in [0.15, 0.2) is 0 Å². The van der Waals surface area contributed by atoms with E-state index in [1.165, 1.54) is 24.8 Å². The normalized spacial score (nSPS) is 10.6. The summed E-state index contributed by atoms with van der Waals surface area (Å²) < 4.78 is 11.3. The van der Waals surface area contributed by atoms with Gasteiger partial charge >= 0.3 is 0 Å². The first-order valence-electron chi connectivity index (χ1n) is 10.5. The topological polar surface area (TPSA) is 21.7 Å². The van der Waals surface area contributed by atoms with Crippen molar-refractivity contribution in [3.05, 3.63) is 78.4 Å². The zero-order chi connectivity index (χ0) is 20.5. The lowest BCUT2D eigenvalue weighted by molar-refractivity contribution is 0.305. The third-order valence-corrected chi connectivity index (χ3v) is 5.02. The number of hydrogen-bond acceptors (Lipinski definition) is 3. The molecule has 0 unspecified atom stereocenters. The molecule has 0 aromatic heterocycles. The molecule has 0 spiro atoms. The number of unbranched alkanes of at least 4 members (excludes halogenated alkanes) is 3. The van der Waals surface area contributed by atoms with E-state index in [1.54, 1.807) is 7.11 Å². The highest BCUT2D eigenvalue weighted by Crippen LogP contribution is 2.38. The van der Waals surface area contributed by atoms with E-state index >= 15 is 0 Å². The molecule has 0 saturated carbocycles. The van der Waals surface area contributed by atoms with Crippen molar-refractivity contribution in [2.75, 3.05) is 18.6 Å². The monoisotopic (exact) mass is 389 g/mol. The lowest BCUT2D eigenvalue weighted by Crippen LogP contribution is -2.11. The number of anilines is 3. The van der Waals surface area contributed by atoms with Crippen molar-refractivity contribution in [1.29, 1.82) is 0 Å². The van der Waals surface area contributed by atoms with E-state index in [0.29, 0.717) is 0 Å². The van der Waals surface area contributed by atoms with Crippen molar-refractivity contribution in [1.82, 2.24) is 0 Å². The molecular weight excluding hydrogens is 358 g/mol. The number of aryl methyl sites for hydroxylation is 1. The minimum atomic E-state index is 0.777. The van der Waals surface area contributed by atoms with E-state index in [9.17, 15) is 0 Å². The molecule has 0 bridgehead atoms. The average Bonchev–Trinajstić information content (AvgIpc) is 2.76. The van der Waals surface area contributed by atoms with Gasteiger partial charge < -0.3 is 14.4 Å². The van der Waals surface area contributed by atoms with E-state index in [2.05, 4.69) is 73.3 Å². The highest BCUT2D eigenvalue weighted by atomic mass is 16.5. The standard InChI is InChI=1S/C26H31NO2/c1-4-5-6-10-19-29-25-17-18-26(21(2)20-25)27(22-11-8-7-9-12-22)23-13-15-24(28-3)16-14-23/h7-9,11-18,20H,4-6,10,19H2,1-3H3.